The lowest BCUT2D eigenvalue weighted by atomic mass is 10.1. The SMILES string of the molecule is Fc1ccc(NCC2Cc3cc(F)ccc3O2)cc1. The molecule has 1 aliphatic rings. The van der Waals surface area contributed by atoms with Gasteiger partial charge in [-0.2, -0.15) is 0 Å². The summed E-state index contributed by atoms with van der Waals surface area (Å²) in [6.45, 7) is 0.599. The first-order valence-electron chi connectivity index (χ1n) is 6.15. The highest BCUT2D eigenvalue weighted by atomic mass is 19.1. The van der Waals surface area contributed by atoms with E-state index < -0.39 is 0 Å². The molecule has 98 valence electrons. The predicted octanol–water partition coefficient (Wildman–Crippen LogP) is 3.38. The van der Waals surface area contributed by atoms with Gasteiger partial charge in [0.25, 0.3) is 0 Å². The Balaban J connectivity index is 1.60. The number of hydrogen-bond donors (Lipinski definition) is 1. The fourth-order valence-electron chi connectivity index (χ4n) is 2.20. The minimum atomic E-state index is -0.259. The van der Waals surface area contributed by atoms with Crippen molar-refractivity contribution >= 4 is 5.69 Å². The molecule has 1 atom stereocenters. The van der Waals surface area contributed by atoms with Crippen LogP contribution in [0.2, 0.25) is 0 Å². The topological polar surface area (TPSA) is 21.3 Å². The first kappa shape index (κ1) is 12.0. The van der Waals surface area contributed by atoms with Crippen LogP contribution in [0, 0.1) is 11.6 Å². The minimum Gasteiger partial charge on any atom is -0.488 e. The lowest BCUT2D eigenvalue weighted by molar-refractivity contribution is 0.246. The maximum absolute atomic E-state index is 13.1. The number of anilines is 1. The summed E-state index contributed by atoms with van der Waals surface area (Å²) >= 11 is 0. The molecule has 1 heterocycles. The molecule has 0 fully saturated rings. The first-order valence-corrected chi connectivity index (χ1v) is 6.15. The van der Waals surface area contributed by atoms with E-state index in [-0.39, 0.29) is 17.7 Å². The highest BCUT2D eigenvalue weighted by molar-refractivity contribution is 5.44. The summed E-state index contributed by atoms with van der Waals surface area (Å²) in [5, 5.41) is 3.18. The van der Waals surface area contributed by atoms with Gasteiger partial charge in [0.15, 0.2) is 0 Å². The zero-order valence-corrected chi connectivity index (χ0v) is 10.2. The number of rotatable bonds is 3. The molecule has 0 radical (unpaired) electrons. The molecule has 3 rings (SSSR count). The molecule has 1 unspecified atom stereocenters. The number of nitrogens with one attached hydrogen (secondary N) is 1. The van der Waals surface area contributed by atoms with Crippen molar-refractivity contribution in [2.45, 2.75) is 12.5 Å². The highest BCUT2D eigenvalue weighted by Crippen LogP contribution is 2.29. The first-order chi connectivity index (χ1) is 9.20. The number of hydrogen-bond acceptors (Lipinski definition) is 2. The molecule has 0 aromatic heterocycles. The Bertz CT molecular complexity index is 583. The number of fused-ring (bicyclic) bond motifs is 1. The van der Waals surface area contributed by atoms with E-state index in [1.807, 2.05) is 0 Å². The fraction of sp³-hybridized carbons (Fsp3) is 0.200. The smallest absolute Gasteiger partial charge is 0.123 e. The van der Waals surface area contributed by atoms with Gasteiger partial charge in [-0.05, 0) is 42.5 Å². The second-order valence-electron chi connectivity index (χ2n) is 4.58. The highest BCUT2D eigenvalue weighted by Gasteiger charge is 2.22. The molecule has 1 aliphatic heterocycles. The van der Waals surface area contributed by atoms with E-state index in [2.05, 4.69) is 5.32 Å². The van der Waals surface area contributed by atoms with Gasteiger partial charge in [-0.1, -0.05) is 0 Å². The average Bonchev–Trinajstić information content (AvgIpc) is 2.80. The maximum atomic E-state index is 13.1. The van der Waals surface area contributed by atoms with Crippen molar-refractivity contribution in [1.82, 2.24) is 0 Å². The molecule has 4 heteroatoms. The van der Waals surface area contributed by atoms with Gasteiger partial charge in [0.2, 0.25) is 0 Å². The molecule has 0 saturated heterocycles. The summed E-state index contributed by atoms with van der Waals surface area (Å²) in [7, 11) is 0. The molecule has 0 bridgehead atoms. The molecule has 1 N–H and O–H groups in total. The number of halogens is 2. The molecule has 2 aromatic rings. The van der Waals surface area contributed by atoms with E-state index in [1.54, 1.807) is 18.2 Å². The summed E-state index contributed by atoms with van der Waals surface area (Å²) in [5.74, 6) is 0.243. The van der Waals surface area contributed by atoms with Gasteiger partial charge >= 0.3 is 0 Å². The number of ether oxygens (including phenoxy) is 1. The van der Waals surface area contributed by atoms with Gasteiger partial charge in [0, 0.05) is 17.7 Å². The van der Waals surface area contributed by atoms with Gasteiger partial charge < -0.3 is 10.1 Å². The van der Waals surface area contributed by atoms with Gasteiger partial charge in [-0.3, -0.25) is 0 Å². The summed E-state index contributed by atoms with van der Waals surface area (Å²) < 4.78 is 31.5. The summed E-state index contributed by atoms with van der Waals surface area (Å²) in [6.07, 6.45) is 0.656. The third kappa shape index (κ3) is 2.67. The van der Waals surface area contributed by atoms with E-state index >= 15 is 0 Å². The lowest BCUT2D eigenvalue weighted by Gasteiger charge is -2.12. The molecule has 19 heavy (non-hydrogen) atoms. The molecule has 0 saturated carbocycles. The van der Waals surface area contributed by atoms with Gasteiger partial charge in [0.05, 0.1) is 6.54 Å². The number of benzene rings is 2. The van der Waals surface area contributed by atoms with Crippen molar-refractivity contribution in [3.05, 3.63) is 59.7 Å². The Morgan fingerprint density at radius 3 is 2.58 bits per heavy atom. The Morgan fingerprint density at radius 2 is 1.79 bits per heavy atom. The van der Waals surface area contributed by atoms with Crippen LogP contribution in [-0.4, -0.2) is 12.6 Å². The van der Waals surface area contributed by atoms with E-state index in [0.717, 1.165) is 17.0 Å². The zero-order chi connectivity index (χ0) is 13.2. The largest absolute Gasteiger partial charge is 0.488 e. The molecule has 2 nitrogen and oxygen atoms in total. The summed E-state index contributed by atoms with van der Waals surface area (Å²) in [5.41, 5.74) is 1.73. The average molecular weight is 261 g/mol. The third-order valence-corrected chi connectivity index (χ3v) is 3.14. The van der Waals surface area contributed by atoms with Crippen molar-refractivity contribution in [3.8, 4) is 5.75 Å². The van der Waals surface area contributed by atoms with E-state index in [4.69, 9.17) is 4.74 Å². The zero-order valence-electron chi connectivity index (χ0n) is 10.2. The van der Waals surface area contributed by atoms with Crippen LogP contribution in [0.3, 0.4) is 0 Å². The maximum Gasteiger partial charge on any atom is 0.123 e. The molecular weight excluding hydrogens is 248 g/mol. The summed E-state index contributed by atoms with van der Waals surface area (Å²) in [4.78, 5) is 0. The van der Waals surface area contributed by atoms with Crippen LogP contribution in [0.15, 0.2) is 42.5 Å². The van der Waals surface area contributed by atoms with Gasteiger partial charge in [-0.15, -0.1) is 0 Å². The second-order valence-corrected chi connectivity index (χ2v) is 4.58. The molecule has 0 spiro atoms. The molecule has 0 amide bonds. The monoisotopic (exact) mass is 261 g/mol. The summed E-state index contributed by atoms with van der Waals surface area (Å²) in [6, 6.07) is 10.7. The predicted molar refractivity (Wildman–Crippen MR) is 69.4 cm³/mol. The van der Waals surface area contributed by atoms with Crippen molar-refractivity contribution < 1.29 is 13.5 Å². The Hall–Kier alpha value is -2.10. The minimum absolute atomic E-state index is 0.0261. The van der Waals surface area contributed by atoms with Crippen LogP contribution >= 0.6 is 0 Å². The Morgan fingerprint density at radius 1 is 1.05 bits per heavy atom. The van der Waals surface area contributed by atoms with E-state index in [9.17, 15) is 8.78 Å². The van der Waals surface area contributed by atoms with Gasteiger partial charge in [-0.25, -0.2) is 8.78 Å². The van der Waals surface area contributed by atoms with Crippen LogP contribution in [0.5, 0.6) is 5.75 Å². The van der Waals surface area contributed by atoms with Crippen LogP contribution in [0.1, 0.15) is 5.56 Å². The van der Waals surface area contributed by atoms with E-state index in [1.165, 1.54) is 24.3 Å². The second kappa shape index (κ2) is 4.88. The van der Waals surface area contributed by atoms with Crippen molar-refractivity contribution in [1.29, 1.82) is 0 Å². The Labute approximate surface area is 110 Å². The van der Waals surface area contributed by atoms with Crippen LogP contribution < -0.4 is 10.1 Å². The van der Waals surface area contributed by atoms with Crippen molar-refractivity contribution in [2.24, 2.45) is 0 Å². The van der Waals surface area contributed by atoms with Crippen LogP contribution in [0.25, 0.3) is 0 Å². The fourth-order valence-corrected chi connectivity index (χ4v) is 2.20. The van der Waals surface area contributed by atoms with Crippen molar-refractivity contribution in [2.75, 3.05) is 11.9 Å². The molecular formula is C15H13F2NO. The third-order valence-electron chi connectivity index (χ3n) is 3.14. The van der Waals surface area contributed by atoms with Gasteiger partial charge in [0.1, 0.15) is 23.5 Å². The molecule has 0 aliphatic carbocycles. The van der Waals surface area contributed by atoms with Crippen LogP contribution in [-0.2, 0) is 6.42 Å². The standard InChI is InChI=1S/C15H13F2NO/c16-11-1-4-13(5-2-11)18-9-14-8-10-7-12(17)3-6-15(10)19-14/h1-7,14,18H,8-9H2. The van der Waals surface area contributed by atoms with Crippen LogP contribution in [0.4, 0.5) is 14.5 Å². The lowest BCUT2D eigenvalue weighted by Crippen LogP contribution is -2.23. The molecule has 2 aromatic carbocycles. The van der Waals surface area contributed by atoms with E-state index in [0.29, 0.717) is 13.0 Å². The van der Waals surface area contributed by atoms with Crippen molar-refractivity contribution in [3.63, 3.8) is 0 Å². The quantitative estimate of drug-likeness (QED) is 0.914. The Kier molecular flexibility index (Phi) is 3.07. The normalized spacial score (nSPS) is 16.8.